The molecule has 148 valence electrons. The minimum absolute atomic E-state index is 0.0256. The molecular formula is C21H25N3O3S. The molecule has 7 heteroatoms. The van der Waals surface area contributed by atoms with Crippen molar-refractivity contribution < 1.29 is 14.4 Å². The van der Waals surface area contributed by atoms with Crippen molar-refractivity contribution in [1.82, 2.24) is 9.88 Å². The standard InChI is InChI=1S/C21H25N3O3S/c1-13-19(20(27)24(2)3)28-21(22-13)23-18(26)11-10-17(25)16-9-8-14-6-4-5-7-15(14)12-16/h8-9,12H,4-7,10-11H2,1-3H3,(H,22,23,26). The van der Waals surface area contributed by atoms with E-state index in [1.165, 1.54) is 28.9 Å². The summed E-state index contributed by atoms with van der Waals surface area (Å²) in [6, 6.07) is 5.90. The van der Waals surface area contributed by atoms with Gasteiger partial charge < -0.3 is 10.2 Å². The van der Waals surface area contributed by atoms with E-state index < -0.39 is 0 Å². The molecular weight excluding hydrogens is 374 g/mol. The maximum atomic E-state index is 12.5. The number of rotatable bonds is 6. The highest BCUT2D eigenvalue weighted by molar-refractivity contribution is 7.17. The van der Waals surface area contributed by atoms with E-state index in [1.54, 1.807) is 21.0 Å². The second-order valence-corrected chi connectivity index (χ2v) is 8.29. The Hall–Kier alpha value is -2.54. The van der Waals surface area contributed by atoms with E-state index in [9.17, 15) is 14.4 Å². The number of nitrogens with zero attached hydrogens (tertiary/aromatic N) is 2. The molecule has 3 rings (SSSR count). The molecule has 0 bridgehead atoms. The molecule has 28 heavy (non-hydrogen) atoms. The fraction of sp³-hybridized carbons (Fsp3) is 0.429. The fourth-order valence-corrected chi connectivity index (χ4v) is 4.32. The zero-order chi connectivity index (χ0) is 20.3. The minimum atomic E-state index is -0.274. The van der Waals surface area contributed by atoms with Gasteiger partial charge in [0, 0.05) is 32.5 Å². The Kier molecular flexibility index (Phi) is 6.24. The number of hydrogen-bond donors (Lipinski definition) is 1. The van der Waals surface area contributed by atoms with Gasteiger partial charge in [0.05, 0.1) is 5.69 Å². The molecule has 1 N–H and O–H groups in total. The molecule has 6 nitrogen and oxygen atoms in total. The first-order valence-corrected chi connectivity index (χ1v) is 10.3. The predicted molar refractivity (Wildman–Crippen MR) is 110 cm³/mol. The van der Waals surface area contributed by atoms with Crippen molar-refractivity contribution >= 4 is 34.1 Å². The van der Waals surface area contributed by atoms with Crippen molar-refractivity contribution in [3.8, 4) is 0 Å². The molecule has 1 aromatic carbocycles. The third kappa shape index (κ3) is 4.65. The number of amides is 2. The molecule has 0 unspecified atom stereocenters. The zero-order valence-electron chi connectivity index (χ0n) is 16.5. The van der Waals surface area contributed by atoms with Gasteiger partial charge in [0.1, 0.15) is 4.88 Å². The number of fused-ring (bicyclic) bond motifs is 1. The summed E-state index contributed by atoms with van der Waals surface area (Å²) in [6.45, 7) is 1.74. The molecule has 1 aliphatic carbocycles. The molecule has 0 radical (unpaired) electrons. The first kappa shape index (κ1) is 20.2. The van der Waals surface area contributed by atoms with Crippen LogP contribution in [0.2, 0.25) is 0 Å². The lowest BCUT2D eigenvalue weighted by molar-refractivity contribution is -0.116. The minimum Gasteiger partial charge on any atom is -0.344 e. The number of carbonyl (C=O) groups is 3. The first-order chi connectivity index (χ1) is 13.3. The molecule has 0 saturated carbocycles. The molecule has 1 heterocycles. The Balaban J connectivity index is 1.56. The number of carbonyl (C=O) groups excluding carboxylic acids is 3. The topological polar surface area (TPSA) is 79.4 Å². The highest BCUT2D eigenvalue weighted by Gasteiger charge is 2.19. The summed E-state index contributed by atoms with van der Waals surface area (Å²) >= 11 is 1.15. The van der Waals surface area contributed by atoms with Crippen LogP contribution in [0.25, 0.3) is 0 Å². The number of aryl methyl sites for hydroxylation is 3. The van der Waals surface area contributed by atoms with Crippen molar-refractivity contribution in [3.05, 3.63) is 45.5 Å². The number of thiazole rings is 1. The van der Waals surface area contributed by atoms with Crippen LogP contribution in [-0.2, 0) is 17.6 Å². The third-order valence-corrected chi connectivity index (χ3v) is 5.95. The van der Waals surface area contributed by atoms with E-state index in [1.807, 2.05) is 18.2 Å². The van der Waals surface area contributed by atoms with Crippen LogP contribution in [0.15, 0.2) is 18.2 Å². The van der Waals surface area contributed by atoms with Crippen molar-refractivity contribution in [2.45, 2.75) is 45.4 Å². The Morgan fingerprint density at radius 1 is 1.11 bits per heavy atom. The molecule has 0 aliphatic heterocycles. The van der Waals surface area contributed by atoms with Gasteiger partial charge in [-0.15, -0.1) is 0 Å². The lowest BCUT2D eigenvalue weighted by Gasteiger charge is -2.16. The smallest absolute Gasteiger partial charge is 0.265 e. The van der Waals surface area contributed by atoms with Crippen molar-refractivity contribution in [1.29, 1.82) is 0 Å². The van der Waals surface area contributed by atoms with Crippen LogP contribution in [0.3, 0.4) is 0 Å². The van der Waals surface area contributed by atoms with Crippen LogP contribution in [0.4, 0.5) is 5.13 Å². The lowest BCUT2D eigenvalue weighted by atomic mass is 9.89. The second-order valence-electron chi connectivity index (χ2n) is 7.30. The molecule has 1 aromatic heterocycles. The molecule has 0 spiro atoms. The van der Waals surface area contributed by atoms with E-state index in [-0.39, 0.29) is 30.4 Å². The highest BCUT2D eigenvalue weighted by Crippen LogP contribution is 2.25. The first-order valence-electron chi connectivity index (χ1n) is 9.49. The highest BCUT2D eigenvalue weighted by atomic mass is 32.1. The predicted octanol–water partition coefficient (Wildman–Crippen LogP) is 3.63. The molecule has 1 aliphatic rings. The molecule has 2 aromatic rings. The van der Waals surface area contributed by atoms with Gasteiger partial charge in [0.2, 0.25) is 5.91 Å². The Bertz CT molecular complexity index is 918. The van der Waals surface area contributed by atoms with Crippen molar-refractivity contribution in [2.24, 2.45) is 0 Å². The third-order valence-electron chi connectivity index (χ3n) is 4.89. The van der Waals surface area contributed by atoms with Crippen molar-refractivity contribution in [2.75, 3.05) is 19.4 Å². The van der Waals surface area contributed by atoms with Gasteiger partial charge in [-0.2, -0.15) is 0 Å². The maximum absolute atomic E-state index is 12.5. The van der Waals surface area contributed by atoms with Crippen LogP contribution in [0, 0.1) is 6.92 Å². The molecule has 0 atom stereocenters. The lowest BCUT2D eigenvalue weighted by Crippen LogP contribution is -2.21. The maximum Gasteiger partial charge on any atom is 0.265 e. The van der Waals surface area contributed by atoms with Gasteiger partial charge in [-0.25, -0.2) is 4.98 Å². The summed E-state index contributed by atoms with van der Waals surface area (Å²) in [5.74, 6) is -0.440. The number of anilines is 1. The van der Waals surface area contributed by atoms with E-state index in [0.717, 1.165) is 24.2 Å². The summed E-state index contributed by atoms with van der Waals surface area (Å²) in [6.07, 6.45) is 4.72. The van der Waals surface area contributed by atoms with Crippen LogP contribution >= 0.6 is 11.3 Å². The summed E-state index contributed by atoms with van der Waals surface area (Å²) in [4.78, 5) is 43.0. The van der Waals surface area contributed by atoms with Crippen LogP contribution in [0.1, 0.15) is 62.5 Å². The van der Waals surface area contributed by atoms with Gasteiger partial charge in [0.15, 0.2) is 10.9 Å². The van der Waals surface area contributed by atoms with Crippen LogP contribution in [-0.4, -0.2) is 41.6 Å². The number of benzene rings is 1. The van der Waals surface area contributed by atoms with Gasteiger partial charge in [-0.1, -0.05) is 23.5 Å². The largest absolute Gasteiger partial charge is 0.344 e. The van der Waals surface area contributed by atoms with E-state index >= 15 is 0 Å². The average molecular weight is 400 g/mol. The summed E-state index contributed by atoms with van der Waals surface area (Å²) in [5.41, 5.74) is 3.86. The average Bonchev–Trinajstić information content (AvgIpc) is 3.04. The van der Waals surface area contributed by atoms with Crippen molar-refractivity contribution in [3.63, 3.8) is 0 Å². The van der Waals surface area contributed by atoms with Gasteiger partial charge in [0.25, 0.3) is 5.91 Å². The quantitative estimate of drug-likeness (QED) is 0.752. The number of hydrogen-bond acceptors (Lipinski definition) is 5. The normalized spacial score (nSPS) is 13.0. The monoisotopic (exact) mass is 399 g/mol. The Morgan fingerprint density at radius 3 is 2.54 bits per heavy atom. The van der Waals surface area contributed by atoms with E-state index in [0.29, 0.717) is 21.3 Å². The van der Waals surface area contributed by atoms with Crippen LogP contribution in [0.5, 0.6) is 0 Å². The Labute approximate surface area is 169 Å². The van der Waals surface area contributed by atoms with Gasteiger partial charge in [-0.05, 0) is 49.8 Å². The second kappa shape index (κ2) is 8.65. The van der Waals surface area contributed by atoms with Crippen LogP contribution < -0.4 is 5.32 Å². The summed E-state index contributed by atoms with van der Waals surface area (Å²) in [5, 5.41) is 3.08. The number of ketones is 1. The molecule has 2 amide bonds. The summed E-state index contributed by atoms with van der Waals surface area (Å²) in [7, 11) is 3.35. The van der Waals surface area contributed by atoms with Gasteiger partial charge in [-0.3, -0.25) is 14.4 Å². The molecule has 0 saturated heterocycles. The number of nitrogens with one attached hydrogen (secondary N) is 1. The van der Waals surface area contributed by atoms with E-state index in [2.05, 4.69) is 10.3 Å². The fourth-order valence-electron chi connectivity index (χ4n) is 3.31. The number of aromatic nitrogens is 1. The van der Waals surface area contributed by atoms with Gasteiger partial charge >= 0.3 is 0 Å². The van der Waals surface area contributed by atoms with E-state index in [4.69, 9.17) is 0 Å². The zero-order valence-corrected chi connectivity index (χ0v) is 17.3. The summed E-state index contributed by atoms with van der Waals surface area (Å²) < 4.78 is 0. The SMILES string of the molecule is Cc1nc(NC(=O)CCC(=O)c2ccc3c(c2)CCCC3)sc1C(=O)N(C)C. The molecule has 0 fully saturated rings. The number of Topliss-reactive ketones (excluding diaryl/α,β-unsaturated/α-hetero) is 1. The Morgan fingerprint density at radius 2 is 1.82 bits per heavy atom.